The zero-order chi connectivity index (χ0) is 23.2. The molecule has 7 nitrogen and oxygen atoms in total. The van der Waals surface area contributed by atoms with E-state index in [0.29, 0.717) is 5.54 Å². The number of nitrogens with two attached hydrogens (primary N) is 1. The minimum atomic E-state index is -5.08. The highest BCUT2D eigenvalue weighted by atomic mass is 19.4. The number of halogens is 6. The Balaban J connectivity index is 0.000000271. The number of nitrogens with zero attached hydrogens (tertiary/aromatic N) is 1. The first kappa shape index (κ1) is 25.5. The van der Waals surface area contributed by atoms with E-state index in [2.05, 4.69) is 34.6 Å². The predicted molar refractivity (Wildman–Crippen MR) is 93.4 cm³/mol. The first-order valence-corrected chi connectivity index (χ1v) is 8.66. The van der Waals surface area contributed by atoms with Crippen molar-refractivity contribution in [2.75, 3.05) is 18.5 Å². The molecule has 170 valence electrons. The Morgan fingerprint density at radius 1 is 0.900 bits per heavy atom. The number of rotatable bonds is 3. The molecule has 1 aliphatic carbocycles. The summed E-state index contributed by atoms with van der Waals surface area (Å²) in [5.41, 5.74) is 5.51. The lowest BCUT2D eigenvalue weighted by atomic mass is 10.0. The summed E-state index contributed by atoms with van der Waals surface area (Å²) in [6, 6.07) is 8.60. The highest BCUT2D eigenvalue weighted by Crippen LogP contribution is 2.52. The summed E-state index contributed by atoms with van der Waals surface area (Å²) in [4.78, 5) is 20.5. The lowest BCUT2D eigenvalue weighted by Crippen LogP contribution is -2.32. The molecule has 1 aromatic carbocycles. The van der Waals surface area contributed by atoms with Crippen LogP contribution < -0.4 is 11.3 Å². The van der Waals surface area contributed by atoms with Gasteiger partial charge in [-0.1, -0.05) is 12.1 Å². The van der Waals surface area contributed by atoms with Crippen molar-refractivity contribution in [3.63, 3.8) is 0 Å². The summed E-state index contributed by atoms with van der Waals surface area (Å²) in [6.07, 6.45) is -4.79. The fraction of sp³-hybridized carbons (Fsp3) is 0.529. The molecule has 3 rings (SSSR count). The average Bonchev–Trinajstić information content (AvgIpc) is 3.27. The van der Waals surface area contributed by atoms with Gasteiger partial charge in [0.15, 0.2) is 0 Å². The summed E-state index contributed by atoms with van der Waals surface area (Å²) in [6.45, 7) is 2.55. The minimum Gasteiger partial charge on any atom is -0.475 e. The second-order valence-corrected chi connectivity index (χ2v) is 6.55. The molecule has 2 aliphatic rings. The van der Waals surface area contributed by atoms with Crippen LogP contribution in [-0.2, 0) is 15.1 Å². The molecule has 2 fully saturated rings. The lowest BCUT2D eigenvalue weighted by molar-refractivity contribution is -0.193. The van der Waals surface area contributed by atoms with Gasteiger partial charge in [-0.2, -0.15) is 26.3 Å². The molecule has 0 amide bonds. The quantitative estimate of drug-likeness (QED) is 0.321. The number of hydrogen-bond acceptors (Lipinski definition) is 5. The Kier molecular flexibility index (Phi) is 8.48. The van der Waals surface area contributed by atoms with E-state index in [4.69, 9.17) is 25.6 Å². The maximum atomic E-state index is 10.6. The number of benzene rings is 1. The van der Waals surface area contributed by atoms with Gasteiger partial charge in [0, 0.05) is 11.2 Å². The van der Waals surface area contributed by atoms with Crippen LogP contribution in [0.1, 0.15) is 31.2 Å². The molecule has 0 aromatic heterocycles. The number of anilines is 1. The summed E-state index contributed by atoms with van der Waals surface area (Å²) < 4.78 is 63.5. The van der Waals surface area contributed by atoms with E-state index in [1.807, 2.05) is 0 Å². The van der Waals surface area contributed by atoms with Crippen molar-refractivity contribution in [1.29, 1.82) is 0 Å². The van der Waals surface area contributed by atoms with Gasteiger partial charge in [-0.25, -0.2) is 9.59 Å². The van der Waals surface area contributed by atoms with Crippen LogP contribution in [0.5, 0.6) is 0 Å². The van der Waals surface area contributed by atoms with Crippen molar-refractivity contribution in [3.05, 3.63) is 29.8 Å². The van der Waals surface area contributed by atoms with E-state index in [0.717, 1.165) is 5.69 Å². The van der Waals surface area contributed by atoms with Gasteiger partial charge < -0.3 is 15.6 Å². The van der Waals surface area contributed by atoms with Crippen molar-refractivity contribution in [3.8, 4) is 0 Å². The van der Waals surface area contributed by atoms with Crippen LogP contribution in [0.2, 0.25) is 0 Å². The third-order valence-corrected chi connectivity index (χ3v) is 4.51. The fourth-order valence-corrected chi connectivity index (χ4v) is 2.93. The number of nitrogens with one attached hydrogen (secondary N) is 1. The van der Waals surface area contributed by atoms with Gasteiger partial charge in [0.2, 0.25) is 0 Å². The summed E-state index contributed by atoms with van der Waals surface area (Å²) >= 11 is 0. The van der Waals surface area contributed by atoms with Gasteiger partial charge in [-0.3, -0.25) is 10.7 Å². The first-order chi connectivity index (χ1) is 13.7. The fourth-order valence-electron chi connectivity index (χ4n) is 2.93. The molecule has 1 heterocycles. The van der Waals surface area contributed by atoms with Crippen LogP contribution in [0.15, 0.2) is 24.3 Å². The SMILES string of the molecule is NNc1ccc(C2(N3CCCC3)CC2)cc1.O=C(O)C(F)(F)F.O=C(O)C(F)(F)F. The first-order valence-electron chi connectivity index (χ1n) is 8.66. The highest BCUT2D eigenvalue weighted by Gasteiger charge is 2.49. The summed E-state index contributed by atoms with van der Waals surface area (Å²) in [5, 5.41) is 14.2. The monoisotopic (exact) mass is 445 g/mol. The number of carbonyl (C=O) groups is 2. The van der Waals surface area contributed by atoms with Crippen molar-refractivity contribution in [2.45, 2.75) is 43.6 Å². The lowest BCUT2D eigenvalue weighted by Gasteiger charge is -2.28. The Hall–Kier alpha value is -2.54. The van der Waals surface area contributed by atoms with Crippen LogP contribution in [0.4, 0.5) is 32.0 Å². The molecule has 30 heavy (non-hydrogen) atoms. The van der Waals surface area contributed by atoms with E-state index in [-0.39, 0.29) is 0 Å². The van der Waals surface area contributed by atoms with Gasteiger partial charge >= 0.3 is 24.3 Å². The molecular weight excluding hydrogens is 424 g/mol. The van der Waals surface area contributed by atoms with Gasteiger partial charge in [0.05, 0.1) is 0 Å². The minimum absolute atomic E-state index is 0.379. The van der Waals surface area contributed by atoms with Crippen LogP contribution >= 0.6 is 0 Å². The molecule has 0 atom stereocenters. The molecule has 0 radical (unpaired) electrons. The molecule has 1 saturated carbocycles. The topological polar surface area (TPSA) is 116 Å². The standard InChI is InChI=1S/C13H19N3.2C2HF3O2/c14-15-12-5-3-11(4-6-12)13(7-8-13)16-9-1-2-10-16;2*3-2(4,5)1(6)7/h3-6,15H,1-2,7-10,14H2;2*(H,6,7). The summed E-state index contributed by atoms with van der Waals surface area (Å²) in [7, 11) is 0. The molecule has 0 bridgehead atoms. The second kappa shape index (κ2) is 9.98. The van der Waals surface area contributed by atoms with Crippen LogP contribution in [0, 0.1) is 0 Å². The van der Waals surface area contributed by atoms with Gasteiger partial charge in [-0.05, 0) is 56.5 Å². The van der Waals surface area contributed by atoms with E-state index in [1.165, 1.54) is 44.3 Å². The van der Waals surface area contributed by atoms with E-state index >= 15 is 0 Å². The number of hydrogen-bond donors (Lipinski definition) is 4. The third kappa shape index (κ3) is 7.37. The predicted octanol–water partition coefficient (Wildman–Crippen LogP) is 3.32. The Labute approximate surface area is 167 Å². The van der Waals surface area contributed by atoms with Crippen LogP contribution in [0.3, 0.4) is 0 Å². The number of nitrogen functional groups attached to an aromatic ring is 1. The van der Waals surface area contributed by atoms with Gasteiger partial charge in [0.25, 0.3) is 0 Å². The maximum absolute atomic E-state index is 10.6. The van der Waals surface area contributed by atoms with Crippen LogP contribution in [0.25, 0.3) is 0 Å². The van der Waals surface area contributed by atoms with E-state index < -0.39 is 24.3 Å². The maximum Gasteiger partial charge on any atom is 0.490 e. The molecule has 13 heteroatoms. The van der Waals surface area contributed by atoms with E-state index in [1.54, 1.807) is 0 Å². The summed E-state index contributed by atoms with van der Waals surface area (Å²) in [5.74, 6) is -0.128. The Morgan fingerprint density at radius 2 is 1.27 bits per heavy atom. The highest BCUT2D eigenvalue weighted by molar-refractivity contribution is 5.73. The number of aliphatic carboxylic acids is 2. The number of alkyl halides is 6. The molecular formula is C17H21F6N3O4. The van der Waals surface area contributed by atoms with Gasteiger partial charge in [0.1, 0.15) is 0 Å². The van der Waals surface area contributed by atoms with Gasteiger partial charge in [-0.15, -0.1) is 0 Å². The zero-order valence-corrected chi connectivity index (χ0v) is 15.6. The number of carboxylic acid groups (broad SMARTS) is 2. The number of likely N-dealkylation sites (tertiary alicyclic amines) is 1. The molecule has 1 aromatic rings. The molecule has 0 unspecified atom stereocenters. The largest absolute Gasteiger partial charge is 0.490 e. The van der Waals surface area contributed by atoms with Crippen molar-refractivity contribution < 1.29 is 46.1 Å². The molecule has 1 aliphatic heterocycles. The Bertz CT molecular complexity index is 688. The third-order valence-electron chi connectivity index (χ3n) is 4.51. The normalized spacial score (nSPS) is 17.7. The average molecular weight is 445 g/mol. The smallest absolute Gasteiger partial charge is 0.475 e. The molecule has 5 N–H and O–H groups in total. The number of carboxylic acids is 2. The Morgan fingerprint density at radius 3 is 1.53 bits per heavy atom. The zero-order valence-electron chi connectivity index (χ0n) is 15.6. The molecule has 1 saturated heterocycles. The number of hydrazine groups is 1. The molecule has 0 spiro atoms. The van der Waals surface area contributed by atoms with Crippen molar-refractivity contribution in [1.82, 2.24) is 4.90 Å². The second-order valence-electron chi connectivity index (χ2n) is 6.55. The van der Waals surface area contributed by atoms with Crippen LogP contribution in [-0.4, -0.2) is 52.5 Å². The van der Waals surface area contributed by atoms with E-state index in [9.17, 15) is 26.3 Å². The van der Waals surface area contributed by atoms with Crippen molar-refractivity contribution in [2.24, 2.45) is 5.84 Å². The van der Waals surface area contributed by atoms with Crippen molar-refractivity contribution >= 4 is 17.6 Å².